The van der Waals surface area contributed by atoms with Crippen LogP contribution in [0.15, 0.2) is 42.5 Å². The summed E-state index contributed by atoms with van der Waals surface area (Å²) < 4.78 is 25.4. The third-order valence-corrected chi connectivity index (χ3v) is 5.30. The molecule has 2 N–H and O–H groups in total. The summed E-state index contributed by atoms with van der Waals surface area (Å²) in [4.78, 5) is 25.0. The van der Waals surface area contributed by atoms with E-state index < -0.39 is 17.6 Å². The molecule has 0 bridgehead atoms. The molecule has 0 radical (unpaired) electrons. The van der Waals surface area contributed by atoms with E-state index in [1.54, 1.807) is 24.3 Å². The smallest absolute Gasteiger partial charge is 0.279 e. The lowest BCUT2D eigenvalue weighted by atomic mass is 10.2. The van der Waals surface area contributed by atoms with Gasteiger partial charge in [-0.3, -0.25) is 20.4 Å². The monoisotopic (exact) mass is 416 g/mol. The minimum absolute atomic E-state index is 0.294. The van der Waals surface area contributed by atoms with Crippen molar-refractivity contribution in [2.75, 3.05) is 13.7 Å². The van der Waals surface area contributed by atoms with E-state index in [1.807, 2.05) is 0 Å². The van der Waals surface area contributed by atoms with Gasteiger partial charge in [0.25, 0.3) is 11.8 Å². The molecule has 0 spiro atoms. The molecule has 0 saturated heterocycles. The van der Waals surface area contributed by atoms with Crippen molar-refractivity contribution >= 4 is 33.2 Å². The first-order valence-corrected chi connectivity index (χ1v) is 9.94. The van der Waals surface area contributed by atoms with E-state index in [1.165, 1.54) is 25.3 Å². The number of carbonyl (C=O) groups excluding carboxylic acids is 2. The predicted octanol–water partition coefficient (Wildman–Crippen LogP) is 4.30. The lowest BCUT2D eigenvalue weighted by Crippen LogP contribution is -2.41. The van der Waals surface area contributed by atoms with Crippen molar-refractivity contribution in [2.45, 2.75) is 19.8 Å². The fraction of sp³-hybridized carbons (Fsp3) is 0.238. The van der Waals surface area contributed by atoms with Crippen LogP contribution in [0.2, 0.25) is 0 Å². The van der Waals surface area contributed by atoms with Crippen LogP contribution in [0, 0.1) is 5.82 Å². The van der Waals surface area contributed by atoms with Crippen LogP contribution in [-0.4, -0.2) is 25.5 Å². The normalized spacial score (nSPS) is 10.6. The summed E-state index contributed by atoms with van der Waals surface area (Å²) in [5.41, 5.74) is 5.00. The Balaban J connectivity index is 1.64. The van der Waals surface area contributed by atoms with Gasteiger partial charge in [-0.05, 0) is 42.8 Å². The molecule has 6 nitrogen and oxygen atoms in total. The van der Waals surface area contributed by atoms with Crippen LogP contribution < -0.4 is 20.3 Å². The van der Waals surface area contributed by atoms with Crippen molar-refractivity contribution < 1.29 is 23.5 Å². The van der Waals surface area contributed by atoms with Crippen molar-refractivity contribution in [3.63, 3.8) is 0 Å². The van der Waals surface area contributed by atoms with Crippen LogP contribution in [0.4, 0.5) is 4.39 Å². The summed E-state index contributed by atoms with van der Waals surface area (Å²) in [6.07, 6.45) is 1.92. The van der Waals surface area contributed by atoms with Gasteiger partial charge in [0.1, 0.15) is 5.82 Å². The van der Waals surface area contributed by atoms with Gasteiger partial charge >= 0.3 is 0 Å². The molecule has 0 saturated carbocycles. The highest BCUT2D eigenvalue weighted by molar-refractivity contribution is 7.20. The number of carbonyl (C=O) groups is 2. The molecule has 2 aromatic carbocycles. The lowest BCUT2D eigenvalue weighted by molar-refractivity contribution is 0.0848. The first kappa shape index (κ1) is 20.6. The Morgan fingerprint density at radius 1 is 1.07 bits per heavy atom. The average Bonchev–Trinajstić information content (AvgIpc) is 3.18. The van der Waals surface area contributed by atoms with Crippen LogP contribution in [0.1, 0.15) is 39.8 Å². The number of rotatable bonds is 7. The van der Waals surface area contributed by atoms with Crippen molar-refractivity contribution in [1.82, 2.24) is 10.9 Å². The molecule has 1 aromatic heterocycles. The van der Waals surface area contributed by atoms with Gasteiger partial charge in [-0.2, -0.15) is 0 Å². The number of methoxy groups -OCH3 is 1. The Bertz CT molecular complexity index is 1030. The largest absolute Gasteiger partial charge is 0.493 e. The number of amides is 2. The quantitative estimate of drug-likeness (QED) is 0.445. The zero-order valence-corrected chi connectivity index (χ0v) is 16.9. The first-order chi connectivity index (χ1) is 14.0. The summed E-state index contributed by atoms with van der Waals surface area (Å²) in [6.45, 7) is 2.63. The summed E-state index contributed by atoms with van der Waals surface area (Å²) in [6, 6.07) is 10.9. The van der Waals surface area contributed by atoms with Crippen molar-refractivity contribution in [3.8, 4) is 11.5 Å². The Morgan fingerprint density at radius 3 is 2.59 bits per heavy atom. The fourth-order valence-electron chi connectivity index (χ4n) is 2.64. The third-order valence-electron chi connectivity index (χ3n) is 4.20. The molecule has 0 aliphatic heterocycles. The molecule has 0 aliphatic carbocycles. The van der Waals surface area contributed by atoms with E-state index in [9.17, 15) is 14.0 Å². The van der Waals surface area contributed by atoms with Crippen molar-refractivity contribution in [3.05, 3.63) is 58.7 Å². The van der Waals surface area contributed by atoms with Crippen LogP contribution in [-0.2, 0) is 0 Å². The second-order valence-electron chi connectivity index (χ2n) is 6.24. The standard InChI is InChI=1S/C21H21FN2O4S/c1-3-4-10-28-16-9-8-13(11-17(16)27-2)20(25)23-24-21(26)19-12-14-15(22)6-5-7-18(14)29-19/h5-9,11-12H,3-4,10H2,1-2H3,(H,23,25)(H,24,26). The highest BCUT2D eigenvalue weighted by atomic mass is 32.1. The zero-order chi connectivity index (χ0) is 20.8. The van der Waals surface area contributed by atoms with Gasteiger partial charge in [0.2, 0.25) is 0 Å². The number of benzene rings is 2. The molecular formula is C21H21FN2O4S. The van der Waals surface area contributed by atoms with Gasteiger partial charge in [-0.15, -0.1) is 11.3 Å². The second kappa shape index (κ2) is 9.38. The number of hydrogen-bond acceptors (Lipinski definition) is 5. The maximum Gasteiger partial charge on any atom is 0.279 e. The average molecular weight is 416 g/mol. The Hall–Kier alpha value is -3.13. The van der Waals surface area contributed by atoms with Gasteiger partial charge < -0.3 is 9.47 Å². The molecule has 3 aromatic rings. The highest BCUT2D eigenvalue weighted by Gasteiger charge is 2.15. The third kappa shape index (κ3) is 4.83. The second-order valence-corrected chi connectivity index (χ2v) is 7.32. The molecular weight excluding hydrogens is 395 g/mol. The highest BCUT2D eigenvalue weighted by Crippen LogP contribution is 2.29. The van der Waals surface area contributed by atoms with Crippen LogP contribution in [0.25, 0.3) is 10.1 Å². The molecule has 3 rings (SSSR count). The summed E-state index contributed by atoms with van der Waals surface area (Å²) in [7, 11) is 1.49. The molecule has 0 atom stereocenters. The van der Waals surface area contributed by atoms with Crippen LogP contribution in [0.5, 0.6) is 11.5 Å². The van der Waals surface area contributed by atoms with Gasteiger partial charge in [-0.25, -0.2) is 4.39 Å². The van der Waals surface area contributed by atoms with Crippen LogP contribution in [0.3, 0.4) is 0 Å². The topological polar surface area (TPSA) is 76.7 Å². The summed E-state index contributed by atoms with van der Waals surface area (Å²) >= 11 is 1.14. The van der Waals surface area contributed by atoms with E-state index in [-0.39, 0.29) is 0 Å². The Labute approximate surface area is 171 Å². The van der Waals surface area contributed by atoms with Gasteiger partial charge in [0.05, 0.1) is 18.6 Å². The lowest BCUT2D eigenvalue weighted by Gasteiger charge is -2.12. The molecule has 0 aliphatic rings. The fourth-order valence-corrected chi connectivity index (χ4v) is 3.61. The summed E-state index contributed by atoms with van der Waals surface area (Å²) in [5.74, 6) is -0.446. The van der Waals surface area contributed by atoms with E-state index in [0.29, 0.717) is 38.6 Å². The Kier molecular flexibility index (Phi) is 6.66. The molecule has 29 heavy (non-hydrogen) atoms. The minimum Gasteiger partial charge on any atom is -0.493 e. The van der Waals surface area contributed by atoms with Gasteiger partial charge in [-0.1, -0.05) is 19.4 Å². The molecule has 1 heterocycles. The van der Waals surface area contributed by atoms with E-state index in [4.69, 9.17) is 9.47 Å². The molecule has 0 fully saturated rings. The zero-order valence-electron chi connectivity index (χ0n) is 16.1. The van der Waals surface area contributed by atoms with Gasteiger partial charge in [0, 0.05) is 15.6 Å². The van der Waals surface area contributed by atoms with Crippen LogP contribution >= 0.6 is 11.3 Å². The minimum atomic E-state index is -0.523. The molecule has 8 heteroatoms. The van der Waals surface area contributed by atoms with Crippen molar-refractivity contribution in [1.29, 1.82) is 0 Å². The van der Waals surface area contributed by atoms with E-state index >= 15 is 0 Å². The Morgan fingerprint density at radius 2 is 1.86 bits per heavy atom. The maximum absolute atomic E-state index is 13.8. The molecule has 2 amide bonds. The first-order valence-electron chi connectivity index (χ1n) is 9.13. The maximum atomic E-state index is 13.8. The van der Waals surface area contributed by atoms with E-state index in [0.717, 1.165) is 24.2 Å². The number of fused-ring (bicyclic) bond motifs is 1. The SMILES string of the molecule is CCCCOc1ccc(C(=O)NNC(=O)c2cc3c(F)cccc3s2)cc1OC. The summed E-state index contributed by atoms with van der Waals surface area (Å²) in [5, 5.41) is 0.373. The predicted molar refractivity (Wildman–Crippen MR) is 110 cm³/mol. The number of hydrazine groups is 1. The molecule has 152 valence electrons. The number of hydrogen-bond donors (Lipinski definition) is 2. The van der Waals surface area contributed by atoms with E-state index in [2.05, 4.69) is 17.8 Å². The number of thiophene rings is 1. The molecule has 0 unspecified atom stereocenters. The number of unbranched alkanes of at least 4 members (excludes halogenated alkanes) is 1. The number of ether oxygens (including phenoxy) is 2. The van der Waals surface area contributed by atoms with Crippen molar-refractivity contribution in [2.24, 2.45) is 0 Å². The number of halogens is 1. The van der Waals surface area contributed by atoms with Gasteiger partial charge in [0.15, 0.2) is 11.5 Å². The number of nitrogens with one attached hydrogen (secondary N) is 2.